The molecule has 2 aliphatic rings. The number of hydrogen-bond acceptors (Lipinski definition) is 7. The second kappa shape index (κ2) is 9.72. The highest BCUT2D eigenvalue weighted by molar-refractivity contribution is 5.87. The Balaban J connectivity index is 1.44. The predicted octanol–water partition coefficient (Wildman–Crippen LogP) is 4.39. The maximum Gasteiger partial charge on any atom is 0.337 e. The molecule has 4 heterocycles. The molecule has 0 bridgehead atoms. The number of aromatic nitrogens is 3. The van der Waals surface area contributed by atoms with Crippen molar-refractivity contribution >= 4 is 23.6 Å². The fraction of sp³-hybridized carbons (Fsp3) is 0.407. The Kier molecular flexibility index (Phi) is 6.47. The van der Waals surface area contributed by atoms with Gasteiger partial charge in [0.2, 0.25) is 5.95 Å². The van der Waals surface area contributed by atoms with E-state index >= 15 is 0 Å². The molecule has 2 aliphatic heterocycles. The van der Waals surface area contributed by atoms with Crippen molar-refractivity contribution in [3.05, 3.63) is 59.5 Å². The molecule has 2 atom stereocenters. The number of piperazine rings is 1. The number of hydrogen-bond donors (Lipinski definition) is 1. The highest BCUT2D eigenvalue weighted by Crippen LogP contribution is 2.31. The third-order valence-corrected chi connectivity index (χ3v) is 7.17. The van der Waals surface area contributed by atoms with Crippen molar-refractivity contribution < 1.29 is 14.3 Å². The quantitative estimate of drug-likeness (QED) is 0.564. The molecule has 0 saturated carbocycles. The van der Waals surface area contributed by atoms with Crippen LogP contribution in [0.4, 0.5) is 22.0 Å². The number of pyridine rings is 1. The van der Waals surface area contributed by atoms with E-state index < -0.39 is 5.97 Å². The van der Waals surface area contributed by atoms with Crippen molar-refractivity contribution in [2.45, 2.75) is 45.7 Å². The van der Waals surface area contributed by atoms with Gasteiger partial charge in [-0.05, 0) is 69.5 Å². The largest absolute Gasteiger partial charge is 0.478 e. The van der Waals surface area contributed by atoms with Crippen LogP contribution in [-0.2, 0) is 0 Å². The predicted molar refractivity (Wildman–Crippen MR) is 138 cm³/mol. The average Bonchev–Trinajstić information content (AvgIpc) is 3.30. The van der Waals surface area contributed by atoms with E-state index in [4.69, 9.17) is 9.97 Å². The van der Waals surface area contributed by atoms with E-state index in [0.29, 0.717) is 12.0 Å². The molecule has 36 heavy (non-hydrogen) atoms. The fourth-order valence-electron chi connectivity index (χ4n) is 5.20. The first-order chi connectivity index (χ1) is 17.3. The topological polar surface area (TPSA) is 85.7 Å². The van der Waals surface area contributed by atoms with Gasteiger partial charge in [0, 0.05) is 56.1 Å². The van der Waals surface area contributed by atoms with Gasteiger partial charge in [-0.15, -0.1) is 0 Å². The first kappa shape index (κ1) is 24.0. The minimum absolute atomic E-state index is 0.138. The molecule has 0 amide bonds. The SMILES string of the molecule is Cc1cc(C(=O)O)cnc1N1CCN(c2cc(-c3ccc(F)cc3)nc(N3CCCC3C)n2)[C@H](C)C1. The number of anilines is 3. The molecule has 0 spiro atoms. The lowest BCUT2D eigenvalue weighted by Crippen LogP contribution is -2.53. The van der Waals surface area contributed by atoms with Gasteiger partial charge >= 0.3 is 5.97 Å². The summed E-state index contributed by atoms with van der Waals surface area (Å²) in [6.45, 7) is 9.38. The summed E-state index contributed by atoms with van der Waals surface area (Å²) in [7, 11) is 0. The van der Waals surface area contributed by atoms with Crippen molar-refractivity contribution in [1.82, 2.24) is 15.0 Å². The van der Waals surface area contributed by atoms with Crippen LogP contribution in [0.25, 0.3) is 11.3 Å². The van der Waals surface area contributed by atoms with Crippen LogP contribution in [0.5, 0.6) is 0 Å². The Bertz CT molecular complexity index is 1270. The molecule has 1 aromatic carbocycles. The van der Waals surface area contributed by atoms with Gasteiger partial charge in [-0.25, -0.2) is 19.2 Å². The van der Waals surface area contributed by atoms with E-state index in [1.165, 1.54) is 18.3 Å². The fourth-order valence-corrected chi connectivity index (χ4v) is 5.20. The molecule has 3 aromatic rings. The summed E-state index contributed by atoms with van der Waals surface area (Å²) in [5.41, 5.74) is 2.69. The molecular formula is C27H31FN6O2. The first-order valence-corrected chi connectivity index (χ1v) is 12.4. The van der Waals surface area contributed by atoms with E-state index in [1.807, 2.05) is 13.0 Å². The molecule has 188 valence electrons. The lowest BCUT2D eigenvalue weighted by atomic mass is 10.1. The minimum atomic E-state index is -0.973. The van der Waals surface area contributed by atoms with Gasteiger partial charge in [-0.3, -0.25) is 0 Å². The second-order valence-electron chi connectivity index (χ2n) is 9.76. The third kappa shape index (κ3) is 4.69. The number of halogens is 1. The van der Waals surface area contributed by atoms with Crippen molar-refractivity contribution in [1.29, 1.82) is 0 Å². The summed E-state index contributed by atoms with van der Waals surface area (Å²) >= 11 is 0. The molecule has 1 unspecified atom stereocenters. The second-order valence-corrected chi connectivity index (χ2v) is 9.76. The van der Waals surface area contributed by atoms with Gasteiger partial charge in [-0.1, -0.05) is 0 Å². The van der Waals surface area contributed by atoms with E-state index in [1.54, 1.807) is 18.2 Å². The van der Waals surface area contributed by atoms with Gasteiger partial charge in [0.15, 0.2) is 0 Å². The van der Waals surface area contributed by atoms with Gasteiger partial charge < -0.3 is 19.8 Å². The van der Waals surface area contributed by atoms with Crippen LogP contribution in [0.2, 0.25) is 0 Å². The van der Waals surface area contributed by atoms with E-state index in [0.717, 1.165) is 67.5 Å². The maximum absolute atomic E-state index is 13.6. The number of carboxylic acid groups (broad SMARTS) is 1. The molecule has 2 aromatic heterocycles. The number of aryl methyl sites for hydroxylation is 1. The van der Waals surface area contributed by atoms with E-state index in [2.05, 4.69) is 33.5 Å². The Morgan fingerprint density at radius 2 is 1.81 bits per heavy atom. The zero-order chi connectivity index (χ0) is 25.4. The van der Waals surface area contributed by atoms with Crippen molar-refractivity contribution in [2.75, 3.05) is 40.9 Å². The lowest BCUT2D eigenvalue weighted by Gasteiger charge is -2.41. The van der Waals surface area contributed by atoms with Crippen molar-refractivity contribution in [3.8, 4) is 11.3 Å². The zero-order valence-electron chi connectivity index (χ0n) is 20.9. The molecule has 9 heteroatoms. The third-order valence-electron chi connectivity index (χ3n) is 7.17. The first-order valence-electron chi connectivity index (χ1n) is 12.4. The number of carbonyl (C=O) groups is 1. The molecule has 2 saturated heterocycles. The number of nitrogens with zero attached hydrogens (tertiary/aromatic N) is 6. The summed E-state index contributed by atoms with van der Waals surface area (Å²) in [6.07, 6.45) is 3.65. The highest BCUT2D eigenvalue weighted by Gasteiger charge is 2.29. The van der Waals surface area contributed by atoms with Crippen molar-refractivity contribution in [2.24, 2.45) is 0 Å². The van der Waals surface area contributed by atoms with Crippen LogP contribution in [0, 0.1) is 12.7 Å². The van der Waals surface area contributed by atoms with Crippen LogP contribution < -0.4 is 14.7 Å². The standard InChI is InChI=1S/C27H31FN6O2/c1-17-13-21(26(35)36)15-29-25(17)32-11-12-33(19(3)16-32)24-14-23(20-6-8-22(28)9-7-20)30-27(31-24)34-10-4-5-18(34)2/h6-9,13-15,18-19H,4-5,10-12,16H2,1-3H3,(H,35,36)/t18?,19-/m1/s1. The molecule has 0 radical (unpaired) electrons. The van der Waals surface area contributed by atoms with E-state index in [-0.39, 0.29) is 17.4 Å². The molecule has 2 fully saturated rings. The number of rotatable bonds is 5. The summed E-state index contributed by atoms with van der Waals surface area (Å²) in [5.74, 6) is 1.14. The monoisotopic (exact) mass is 490 g/mol. The smallest absolute Gasteiger partial charge is 0.337 e. The average molecular weight is 491 g/mol. The molecular weight excluding hydrogens is 459 g/mol. The summed E-state index contributed by atoms with van der Waals surface area (Å²) in [5, 5.41) is 9.25. The Hall–Kier alpha value is -3.75. The van der Waals surface area contributed by atoms with Crippen LogP contribution in [0.15, 0.2) is 42.6 Å². The highest BCUT2D eigenvalue weighted by atomic mass is 19.1. The summed E-state index contributed by atoms with van der Waals surface area (Å²) in [6, 6.07) is 10.6. The Labute approximate surface area is 210 Å². The van der Waals surface area contributed by atoms with E-state index in [9.17, 15) is 14.3 Å². The molecule has 0 aliphatic carbocycles. The Morgan fingerprint density at radius 1 is 1.03 bits per heavy atom. The molecule has 8 nitrogen and oxygen atoms in total. The van der Waals surface area contributed by atoms with Crippen molar-refractivity contribution in [3.63, 3.8) is 0 Å². The van der Waals surface area contributed by atoms with Gasteiger partial charge in [0.05, 0.1) is 11.3 Å². The molecule has 1 N–H and O–H groups in total. The molecule has 5 rings (SSSR count). The minimum Gasteiger partial charge on any atom is -0.478 e. The van der Waals surface area contributed by atoms with Crippen LogP contribution >= 0.6 is 0 Å². The van der Waals surface area contributed by atoms with Crippen LogP contribution in [0.1, 0.15) is 42.6 Å². The maximum atomic E-state index is 13.6. The van der Waals surface area contributed by atoms with Gasteiger partial charge in [0.1, 0.15) is 17.5 Å². The summed E-state index contributed by atoms with van der Waals surface area (Å²) < 4.78 is 13.6. The van der Waals surface area contributed by atoms with Crippen LogP contribution in [-0.4, -0.2) is 64.3 Å². The zero-order valence-corrected chi connectivity index (χ0v) is 20.9. The van der Waals surface area contributed by atoms with Gasteiger partial charge in [-0.2, -0.15) is 4.98 Å². The van der Waals surface area contributed by atoms with Gasteiger partial charge in [0.25, 0.3) is 0 Å². The number of benzene rings is 1. The summed E-state index contributed by atoms with van der Waals surface area (Å²) in [4.78, 5) is 32.4. The Morgan fingerprint density at radius 3 is 2.44 bits per heavy atom. The number of aromatic carboxylic acids is 1. The normalized spacial score (nSPS) is 20.2. The van der Waals surface area contributed by atoms with Crippen LogP contribution in [0.3, 0.4) is 0 Å². The lowest BCUT2D eigenvalue weighted by molar-refractivity contribution is 0.0696. The number of carboxylic acids is 1.